The summed E-state index contributed by atoms with van der Waals surface area (Å²) >= 11 is 3.41. The number of carbonyl (C=O) groups excluding carboxylic acids is 1. The predicted molar refractivity (Wildman–Crippen MR) is 127 cm³/mol. The second-order valence-corrected chi connectivity index (χ2v) is 8.41. The molecule has 0 saturated carbocycles. The summed E-state index contributed by atoms with van der Waals surface area (Å²) in [5, 5.41) is 4.30. The lowest BCUT2D eigenvalue weighted by Crippen LogP contribution is -2.34. The summed E-state index contributed by atoms with van der Waals surface area (Å²) in [7, 11) is 4.82. The number of nitrogens with one attached hydrogen (secondary N) is 1. The van der Waals surface area contributed by atoms with E-state index in [9.17, 15) is 4.79 Å². The fourth-order valence-electron chi connectivity index (χ4n) is 4.06. The smallest absolute Gasteiger partial charge is 0.260 e. The van der Waals surface area contributed by atoms with Gasteiger partial charge in [-0.25, -0.2) is 0 Å². The number of ether oxygens (including phenoxy) is 4. The van der Waals surface area contributed by atoms with Crippen molar-refractivity contribution in [3.63, 3.8) is 0 Å². The molecule has 2 heterocycles. The minimum Gasteiger partial charge on any atom is -0.493 e. The fourth-order valence-corrected chi connectivity index (χ4v) is 4.29. The molecule has 1 N–H and O–H groups in total. The van der Waals surface area contributed by atoms with E-state index in [0.717, 1.165) is 35.0 Å². The molecule has 2 aromatic rings. The average Bonchev–Trinajstić information content (AvgIpc) is 3.21. The fraction of sp³-hybridized carbons (Fsp3) is 0.375. The van der Waals surface area contributed by atoms with Crippen molar-refractivity contribution in [2.24, 2.45) is 0 Å². The van der Waals surface area contributed by atoms with E-state index in [4.69, 9.17) is 18.9 Å². The van der Waals surface area contributed by atoms with Gasteiger partial charge in [0.1, 0.15) is 0 Å². The molecular weight excluding hydrogens is 476 g/mol. The van der Waals surface area contributed by atoms with Crippen LogP contribution >= 0.6 is 15.9 Å². The molecule has 0 aliphatic carbocycles. The number of fused-ring (bicyclic) bond motifs is 2. The molecule has 1 amide bonds. The number of nitrogens with zero attached hydrogens (tertiary/aromatic N) is 1. The first-order chi connectivity index (χ1) is 15.6. The molecule has 0 bridgehead atoms. The van der Waals surface area contributed by atoms with Crippen molar-refractivity contribution < 1.29 is 23.7 Å². The van der Waals surface area contributed by atoms with Crippen LogP contribution < -0.4 is 24.3 Å². The molecule has 4 rings (SSSR count). The molecule has 1 atom stereocenters. The van der Waals surface area contributed by atoms with Gasteiger partial charge in [0.2, 0.25) is 0 Å². The minimum atomic E-state index is -0.0595. The Labute approximate surface area is 196 Å². The van der Waals surface area contributed by atoms with Gasteiger partial charge in [-0.1, -0.05) is 22.0 Å². The second-order valence-electron chi connectivity index (χ2n) is 7.62. The molecule has 2 aliphatic rings. The first-order valence-electron chi connectivity index (χ1n) is 10.5. The van der Waals surface area contributed by atoms with E-state index in [1.54, 1.807) is 27.4 Å². The van der Waals surface area contributed by atoms with Crippen molar-refractivity contribution >= 4 is 33.1 Å². The molecule has 2 aliphatic heterocycles. The van der Waals surface area contributed by atoms with Crippen LogP contribution in [-0.4, -0.2) is 56.7 Å². The predicted octanol–water partition coefficient (Wildman–Crippen LogP) is 4.56. The molecule has 0 spiro atoms. The van der Waals surface area contributed by atoms with Gasteiger partial charge in [-0.05, 0) is 42.2 Å². The van der Waals surface area contributed by atoms with Crippen LogP contribution in [0.1, 0.15) is 28.8 Å². The van der Waals surface area contributed by atoms with Crippen LogP contribution in [0, 0.1) is 0 Å². The van der Waals surface area contributed by atoms with Crippen molar-refractivity contribution in [1.29, 1.82) is 0 Å². The molecule has 1 unspecified atom stereocenters. The Morgan fingerprint density at radius 3 is 2.50 bits per heavy atom. The Kier molecular flexibility index (Phi) is 6.79. The second kappa shape index (κ2) is 9.73. The summed E-state index contributed by atoms with van der Waals surface area (Å²) in [4.78, 5) is 15.3. The maximum absolute atomic E-state index is 13.5. The Bertz CT molecular complexity index is 1040. The first-order valence-corrected chi connectivity index (χ1v) is 11.6. The average molecular weight is 503 g/mol. The van der Waals surface area contributed by atoms with Crippen LogP contribution in [0.2, 0.25) is 0 Å². The SMILES string of the molecule is COc1ccc(C2=CN3C(=O)c4cc(OC)c(OCCCBr)cc4NCC3C2)cc1OC. The quantitative estimate of drug-likeness (QED) is 0.421. The molecule has 170 valence electrons. The van der Waals surface area contributed by atoms with Crippen molar-refractivity contribution in [2.45, 2.75) is 18.9 Å². The highest BCUT2D eigenvalue weighted by atomic mass is 79.9. The third-order valence-corrected chi connectivity index (χ3v) is 6.29. The molecule has 0 aromatic heterocycles. The zero-order valence-corrected chi connectivity index (χ0v) is 20.0. The van der Waals surface area contributed by atoms with Crippen LogP contribution in [0.3, 0.4) is 0 Å². The lowest BCUT2D eigenvalue weighted by molar-refractivity contribution is 0.0796. The third-order valence-electron chi connectivity index (χ3n) is 5.73. The number of methoxy groups -OCH3 is 3. The number of amides is 1. The standard InChI is InChI=1S/C24H27BrN2O5/c1-29-20-6-5-15(10-21(20)30-2)16-9-17-13-26-19-12-23(32-8-4-7-25)22(31-3)11-18(19)24(28)27(17)14-16/h5-6,10-12,14,17,26H,4,7-9,13H2,1-3H3. The Morgan fingerprint density at radius 1 is 1.03 bits per heavy atom. The van der Waals surface area contributed by atoms with Gasteiger partial charge in [0, 0.05) is 24.1 Å². The van der Waals surface area contributed by atoms with E-state index < -0.39 is 0 Å². The number of alkyl halides is 1. The summed E-state index contributed by atoms with van der Waals surface area (Å²) in [6.45, 7) is 1.21. The zero-order valence-electron chi connectivity index (χ0n) is 18.4. The number of hydrogen-bond acceptors (Lipinski definition) is 6. The minimum absolute atomic E-state index is 0.0155. The normalized spacial score (nSPS) is 17.0. The van der Waals surface area contributed by atoms with E-state index in [1.807, 2.05) is 35.4 Å². The van der Waals surface area contributed by atoms with Gasteiger partial charge in [0.05, 0.1) is 45.2 Å². The highest BCUT2D eigenvalue weighted by molar-refractivity contribution is 9.09. The molecular formula is C24H27BrN2O5. The largest absolute Gasteiger partial charge is 0.493 e. The van der Waals surface area contributed by atoms with Gasteiger partial charge in [-0.3, -0.25) is 4.79 Å². The molecule has 0 radical (unpaired) electrons. The summed E-state index contributed by atoms with van der Waals surface area (Å²) in [6, 6.07) is 9.46. The summed E-state index contributed by atoms with van der Waals surface area (Å²) in [5.74, 6) is 2.47. The van der Waals surface area contributed by atoms with Gasteiger partial charge in [-0.2, -0.15) is 0 Å². The van der Waals surface area contributed by atoms with Gasteiger partial charge in [-0.15, -0.1) is 0 Å². The third kappa shape index (κ3) is 4.24. The van der Waals surface area contributed by atoms with Crippen molar-refractivity contribution in [2.75, 3.05) is 45.1 Å². The molecule has 7 nitrogen and oxygen atoms in total. The number of rotatable bonds is 8. The Balaban J connectivity index is 1.63. The van der Waals surface area contributed by atoms with Crippen molar-refractivity contribution in [3.05, 3.63) is 47.7 Å². The molecule has 32 heavy (non-hydrogen) atoms. The van der Waals surface area contributed by atoms with Gasteiger partial charge < -0.3 is 29.2 Å². The Hall–Kier alpha value is -2.87. The number of anilines is 1. The van der Waals surface area contributed by atoms with Crippen LogP contribution in [0.5, 0.6) is 23.0 Å². The summed E-state index contributed by atoms with van der Waals surface area (Å²) in [5.41, 5.74) is 3.43. The van der Waals surface area contributed by atoms with Crippen LogP contribution in [0.15, 0.2) is 36.5 Å². The maximum Gasteiger partial charge on any atom is 0.260 e. The van der Waals surface area contributed by atoms with Crippen molar-refractivity contribution in [1.82, 2.24) is 4.90 Å². The van der Waals surface area contributed by atoms with Gasteiger partial charge in [0.25, 0.3) is 5.91 Å². The van der Waals surface area contributed by atoms with Gasteiger partial charge in [0.15, 0.2) is 23.0 Å². The highest BCUT2D eigenvalue weighted by Crippen LogP contribution is 2.40. The number of halogens is 1. The molecule has 8 heteroatoms. The monoisotopic (exact) mass is 502 g/mol. The number of carbonyl (C=O) groups is 1. The van der Waals surface area contributed by atoms with E-state index in [0.29, 0.717) is 41.7 Å². The lowest BCUT2D eigenvalue weighted by Gasteiger charge is -2.20. The van der Waals surface area contributed by atoms with E-state index in [2.05, 4.69) is 21.2 Å². The van der Waals surface area contributed by atoms with E-state index >= 15 is 0 Å². The van der Waals surface area contributed by atoms with Crippen molar-refractivity contribution in [3.8, 4) is 23.0 Å². The Morgan fingerprint density at radius 2 is 1.78 bits per heavy atom. The summed E-state index contributed by atoms with van der Waals surface area (Å²) in [6.07, 6.45) is 3.57. The zero-order chi connectivity index (χ0) is 22.7. The van der Waals surface area contributed by atoms with Crippen LogP contribution in [-0.2, 0) is 0 Å². The molecule has 0 saturated heterocycles. The number of hydrogen-bond donors (Lipinski definition) is 1. The van der Waals surface area contributed by atoms with E-state index in [1.165, 1.54) is 0 Å². The summed E-state index contributed by atoms with van der Waals surface area (Å²) < 4.78 is 22.2. The first kappa shape index (κ1) is 22.3. The molecule has 0 fully saturated rings. The molecule has 2 aromatic carbocycles. The maximum atomic E-state index is 13.5. The topological polar surface area (TPSA) is 69.3 Å². The number of benzene rings is 2. The highest BCUT2D eigenvalue weighted by Gasteiger charge is 2.35. The van der Waals surface area contributed by atoms with Crippen LogP contribution in [0.4, 0.5) is 5.69 Å². The van der Waals surface area contributed by atoms with Crippen LogP contribution in [0.25, 0.3) is 5.57 Å². The van der Waals surface area contributed by atoms with Gasteiger partial charge >= 0.3 is 0 Å². The lowest BCUT2D eigenvalue weighted by atomic mass is 10.0. The van der Waals surface area contributed by atoms with E-state index in [-0.39, 0.29) is 11.9 Å².